The van der Waals surface area contributed by atoms with Gasteiger partial charge < -0.3 is 4.74 Å². The van der Waals surface area contributed by atoms with Gasteiger partial charge in [-0.2, -0.15) is 0 Å². The van der Waals surface area contributed by atoms with Crippen molar-refractivity contribution in [2.24, 2.45) is 0 Å². The lowest BCUT2D eigenvalue weighted by atomic mass is 10.2. The van der Waals surface area contributed by atoms with Crippen LogP contribution >= 0.6 is 11.8 Å². The normalized spacial score (nSPS) is 11.8. The van der Waals surface area contributed by atoms with Gasteiger partial charge in [0.05, 0.1) is 7.11 Å². The van der Waals surface area contributed by atoms with Crippen LogP contribution in [0.2, 0.25) is 0 Å². The maximum Gasteiger partial charge on any atom is 0.118 e. The van der Waals surface area contributed by atoms with E-state index in [2.05, 4.69) is 23.0 Å². The van der Waals surface area contributed by atoms with Crippen molar-refractivity contribution in [2.75, 3.05) is 27.5 Å². The summed E-state index contributed by atoms with van der Waals surface area (Å²) in [6, 6.07) is 7.79. The predicted molar refractivity (Wildman–Crippen MR) is 70.9 cm³/mol. The standard InChI is InChI=1S/C13H17NOS/c1-14(2)13(16-4)10-7-11-5-8-12(15-3)9-6-11/h5-6,8-9,13H,1-4H3. The van der Waals surface area contributed by atoms with Crippen molar-refractivity contribution >= 4 is 11.8 Å². The molecule has 1 atom stereocenters. The van der Waals surface area contributed by atoms with E-state index in [1.807, 2.05) is 38.4 Å². The van der Waals surface area contributed by atoms with Gasteiger partial charge in [-0.25, -0.2) is 0 Å². The van der Waals surface area contributed by atoms with Crippen LogP contribution in [0.15, 0.2) is 24.3 Å². The van der Waals surface area contributed by atoms with E-state index in [-0.39, 0.29) is 5.37 Å². The number of thioether (sulfide) groups is 1. The molecule has 0 heterocycles. The molecule has 0 radical (unpaired) electrons. The molecule has 86 valence electrons. The molecule has 0 amide bonds. The SMILES string of the molecule is COc1ccc(C#CC(SC)N(C)C)cc1. The second kappa shape index (κ2) is 6.47. The van der Waals surface area contributed by atoms with Gasteiger partial charge in [-0.1, -0.05) is 11.8 Å². The van der Waals surface area contributed by atoms with Gasteiger partial charge in [0.2, 0.25) is 0 Å². The van der Waals surface area contributed by atoms with E-state index in [0.29, 0.717) is 0 Å². The average Bonchev–Trinajstić information content (AvgIpc) is 2.30. The fraction of sp³-hybridized carbons (Fsp3) is 0.385. The van der Waals surface area contributed by atoms with Crippen LogP contribution in [0.1, 0.15) is 5.56 Å². The number of rotatable bonds is 3. The first-order valence-electron chi connectivity index (χ1n) is 5.02. The maximum atomic E-state index is 5.09. The Kier molecular flexibility index (Phi) is 5.24. The molecular weight excluding hydrogens is 218 g/mol. The molecule has 1 aromatic rings. The molecule has 1 aromatic carbocycles. The van der Waals surface area contributed by atoms with Gasteiger partial charge in [0, 0.05) is 5.56 Å². The van der Waals surface area contributed by atoms with Crippen molar-refractivity contribution in [3.8, 4) is 17.6 Å². The lowest BCUT2D eigenvalue weighted by Crippen LogP contribution is -2.22. The van der Waals surface area contributed by atoms with E-state index in [1.165, 1.54) is 0 Å². The van der Waals surface area contributed by atoms with Crippen molar-refractivity contribution < 1.29 is 4.74 Å². The highest BCUT2D eigenvalue weighted by Crippen LogP contribution is 2.11. The first-order valence-corrected chi connectivity index (χ1v) is 6.31. The minimum Gasteiger partial charge on any atom is -0.497 e. The Morgan fingerprint density at radius 3 is 2.31 bits per heavy atom. The predicted octanol–water partition coefficient (Wildman–Crippen LogP) is 2.30. The quantitative estimate of drug-likeness (QED) is 0.589. The third-order valence-electron chi connectivity index (χ3n) is 2.12. The van der Waals surface area contributed by atoms with Gasteiger partial charge in [0.15, 0.2) is 0 Å². The fourth-order valence-electron chi connectivity index (χ4n) is 1.22. The van der Waals surface area contributed by atoms with E-state index in [1.54, 1.807) is 18.9 Å². The van der Waals surface area contributed by atoms with E-state index < -0.39 is 0 Å². The molecular formula is C13H17NOS. The van der Waals surface area contributed by atoms with E-state index >= 15 is 0 Å². The Morgan fingerprint density at radius 1 is 1.25 bits per heavy atom. The Balaban J connectivity index is 2.75. The smallest absolute Gasteiger partial charge is 0.118 e. The number of benzene rings is 1. The summed E-state index contributed by atoms with van der Waals surface area (Å²) in [6.07, 6.45) is 2.06. The van der Waals surface area contributed by atoms with Crippen molar-refractivity contribution in [3.63, 3.8) is 0 Å². The van der Waals surface area contributed by atoms with Gasteiger partial charge in [-0.15, -0.1) is 11.8 Å². The Morgan fingerprint density at radius 2 is 1.88 bits per heavy atom. The summed E-state index contributed by atoms with van der Waals surface area (Å²) >= 11 is 1.73. The zero-order chi connectivity index (χ0) is 12.0. The summed E-state index contributed by atoms with van der Waals surface area (Å²) in [5.74, 6) is 7.24. The molecule has 0 bridgehead atoms. The van der Waals surface area contributed by atoms with Crippen molar-refractivity contribution in [1.82, 2.24) is 4.90 Å². The molecule has 3 heteroatoms. The van der Waals surface area contributed by atoms with E-state index in [0.717, 1.165) is 11.3 Å². The minimum atomic E-state index is 0.238. The third-order valence-corrected chi connectivity index (χ3v) is 3.11. The molecule has 0 saturated carbocycles. The second-order valence-electron chi connectivity index (χ2n) is 3.55. The molecule has 0 aliphatic rings. The summed E-state index contributed by atoms with van der Waals surface area (Å²) < 4.78 is 5.09. The zero-order valence-corrected chi connectivity index (χ0v) is 11.0. The van der Waals surface area contributed by atoms with Crippen LogP contribution in [0.3, 0.4) is 0 Å². The molecule has 2 nitrogen and oxygen atoms in total. The molecule has 16 heavy (non-hydrogen) atoms. The third kappa shape index (κ3) is 3.80. The summed E-state index contributed by atoms with van der Waals surface area (Å²) in [4.78, 5) is 2.10. The lowest BCUT2D eigenvalue weighted by Gasteiger charge is -2.15. The largest absolute Gasteiger partial charge is 0.497 e. The van der Waals surface area contributed by atoms with Crippen molar-refractivity contribution in [3.05, 3.63) is 29.8 Å². The number of nitrogens with zero attached hydrogens (tertiary/aromatic N) is 1. The monoisotopic (exact) mass is 235 g/mol. The Bertz CT molecular complexity index is 375. The van der Waals surface area contributed by atoms with Crippen molar-refractivity contribution in [1.29, 1.82) is 0 Å². The molecule has 0 aliphatic carbocycles. The zero-order valence-electron chi connectivity index (χ0n) is 10.2. The van der Waals surface area contributed by atoms with Crippen LogP contribution in [0.5, 0.6) is 5.75 Å². The van der Waals surface area contributed by atoms with Gasteiger partial charge in [0.25, 0.3) is 0 Å². The van der Waals surface area contributed by atoms with Crippen molar-refractivity contribution in [2.45, 2.75) is 5.37 Å². The summed E-state index contributed by atoms with van der Waals surface area (Å²) in [7, 11) is 5.73. The van der Waals surface area contributed by atoms with E-state index in [4.69, 9.17) is 4.74 Å². The maximum absolute atomic E-state index is 5.09. The highest BCUT2D eigenvalue weighted by molar-refractivity contribution is 7.99. The molecule has 0 fully saturated rings. The Hall–Kier alpha value is -1.11. The second-order valence-corrected chi connectivity index (χ2v) is 4.47. The topological polar surface area (TPSA) is 12.5 Å². The lowest BCUT2D eigenvalue weighted by molar-refractivity contribution is 0.415. The van der Waals surface area contributed by atoms with Gasteiger partial charge in [-0.3, -0.25) is 4.90 Å². The first-order chi connectivity index (χ1) is 7.67. The molecule has 0 aliphatic heterocycles. The number of hydrogen-bond donors (Lipinski definition) is 0. The molecule has 1 unspecified atom stereocenters. The number of hydrogen-bond acceptors (Lipinski definition) is 3. The summed E-state index contributed by atoms with van der Waals surface area (Å²) in [5, 5.41) is 0.238. The van der Waals surface area contributed by atoms with Crippen LogP contribution in [-0.2, 0) is 0 Å². The van der Waals surface area contributed by atoms with Crippen LogP contribution < -0.4 is 4.74 Å². The van der Waals surface area contributed by atoms with Gasteiger partial charge in [-0.05, 0) is 44.6 Å². The molecule has 0 N–H and O–H groups in total. The number of ether oxygens (including phenoxy) is 1. The fourth-order valence-corrected chi connectivity index (χ4v) is 1.82. The minimum absolute atomic E-state index is 0.238. The van der Waals surface area contributed by atoms with E-state index in [9.17, 15) is 0 Å². The molecule has 0 saturated heterocycles. The van der Waals surface area contributed by atoms with Crippen LogP contribution in [0, 0.1) is 11.8 Å². The highest BCUT2D eigenvalue weighted by atomic mass is 32.2. The molecule has 0 spiro atoms. The molecule has 1 rings (SSSR count). The van der Waals surface area contributed by atoms with Gasteiger partial charge >= 0.3 is 0 Å². The van der Waals surface area contributed by atoms with Crippen LogP contribution in [-0.4, -0.2) is 37.7 Å². The average molecular weight is 235 g/mol. The first kappa shape index (κ1) is 13.0. The Labute approximate surface area is 102 Å². The van der Waals surface area contributed by atoms with Crippen LogP contribution in [0.4, 0.5) is 0 Å². The van der Waals surface area contributed by atoms with Gasteiger partial charge in [0.1, 0.15) is 11.1 Å². The number of methoxy groups -OCH3 is 1. The highest BCUT2D eigenvalue weighted by Gasteiger charge is 2.03. The summed E-state index contributed by atoms with van der Waals surface area (Å²) in [6.45, 7) is 0. The summed E-state index contributed by atoms with van der Waals surface area (Å²) in [5.41, 5.74) is 1.02. The van der Waals surface area contributed by atoms with Crippen LogP contribution in [0.25, 0.3) is 0 Å². The molecule has 0 aromatic heterocycles.